The lowest BCUT2D eigenvalue weighted by molar-refractivity contribution is 0.0395. The lowest BCUT2D eigenvalue weighted by atomic mass is 9.67. The van der Waals surface area contributed by atoms with Crippen molar-refractivity contribution in [3.63, 3.8) is 0 Å². The number of fused-ring (bicyclic) bond motifs is 3. The van der Waals surface area contributed by atoms with E-state index in [9.17, 15) is 8.42 Å². The van der Waals surface area contributed by atoms with Gasteiger partial charge in [-0.1, -0.05) is 51.8 Å². The molecule has 3 aliphatic rings. The minimum Gasteiger partial charge on any atom is -0.262 e. The van der Waals surface area contributed by atoms with Gasteiger partial charge in [0, 0.05) is 0 Å². The minimum atomic E-state index is -3.73. The van der Waals surface area contributed by atoms with Crippen molar-refractivity contribution in [2.45, 2.75) is 71.3 Å². The summed E-state index contributed by atoms with van der Waals surface area (Å²) in [6, 6.07) is 7.03. The molecule has 0 amide bonds. The van der Waals surface area contributed by atoms with Gasteiger partial charge in [0.1, 0.15) is 0 Å². The van der Waals surface area contributed by atoms with E-state index >= 15 is 0 Å². The second-order valence-electron chi connectivity index (χ2n) is 10.1. The zero-order chi connectivity index (χ0) is 18.9. The van der Waals surface area contributed by atoms with E-state index in [-0.39, 0.29) is 21.8 Å². The van der Waals surface area contributed by atoms with Crippen molar-refractivity contribution < 1.29 is 12.6 Å². The maximum Gasteiger partial charge on any atom is 0.297 e. The van der Waals surface area contributed by atoms with Crippen LogP contribution < -0.4 is 0 Å². The van der Waals surface area contributed by atoms with E-state index in [0.29, 0.717) is 23.7 Å². The summed E-state index contributed by atoms with van der Waals surface area (Å²) in [6.07, 6.45) is 4.34. The molecule has 1 aromatic rings. The van der Waals surface area contributed by atoms with E-state index in [1.165, 1.54) is 6.42 Å². The van der Waals surface area contributed by atoms with Crippen LogP contribution in [0.25, 0.3) is 0 Å². The van der Waals surface area contributed by atoms with E-state index in [4.69, 9.17) is 4.18 Å². The highest BCUT2D eigenvalue weighted by Crippen LogP contribution is 2.70. The quantitative estimate of drug-likeness (QED) is 0.682. The number of benzene rings is 1. The molecule has 0 N–H and O–H groups in total. The van der Waals surface area contributed by atoms with Crippen LogP contribution in [0, 0.1) is 41.4 Å². The average Bonchev–Trinajstić information content (AvgIpc) is 3.11. The summed E-state index contributed by atoms with van der Waals surface area (Å²) >= 11 is 0. The molecule has 0 radical (unpaired) electrons. The molecule has 0 spiro atoms. The Hall–Kier alpha value is -0.870. The fourth-order valence-electron chi connectivity index (χ4n) is 6.83. The third-order valence-electron chi connectivity index (χ3n) is 7.93. The number of aryl methyl sites for hydroxylation is 1. The maximum atomic E-state index is 13.0. The van der Waals surface area contributed by atoms with Crippen LogP contribution in [0.4, 0.5) is 0 Å². The molecule has 3 fully saturated rings. The molecule has 3 aliphatic carbocycles. The normalized spacial score (nSPS) is 41.2. The molecule has 0 aromatic heterocycles. The Labute approximate surface area is 158 Å². The van der Waals surface area contributed by atoms with Crippen molar-refractivity contribution in [2.24, 2.45) is 34.5 Å². The molecular weight excluding hydrogens is 344 g/mol. The van der Waals surface area contributed by atoms with Gasteiger partial charge in [0.15, 0.2) is 0 Å². The van der Waals surface area contributed by atoms with E-state index in [0.717, 1.165) is 24.8 Å². The second kappa shape index (κ2) is 5.81. The van der Waals surface area contributed by atoms with E-state index in [1.807, 2.05) is 19.1 Å². The van der Waals surface area contributed by atoms with Crippen LogP contribution >= 0.6 is 0 Å². The Balaban J connectivity index is 1.71. The first-order valence-electron chi connectivity index (χ1n) is 10.1. The Bertz CT molecular complexity index is 795. The third kappa shape index (κ3) is 2.59. The van der Waals surface area contributed by atoms with Gasteiger partial charge in [-0.05, 0) is 72.8 Å². The van der Waals surface area contributed by atoms with Crippen molar-refractivity contribution >= 4 is 10.1 Å². The van der Waals surface area contributed by atoms with Gasteiger partial charge >= 0.3 is 0 Å². The summed E-state index contributed by atoms with van der Waals surface area (Å²) in [7, 11) is -3.73. The SMILES string of the molecule is Cc1ccc(S(=O)(=O)OC2C3CCC(C)C3C3C(C)(C)CCC23C)cc1. The molecule has 6 unspecified atom stereocenters. The molecule has 0 bridgehead atoms. The fourth-order valence-corrected chi connectivity index (χ4v) is 8.05. The molecule has 4 rings (SSSR count). The Morgan fingerprint density at radius 1 is 1.04 bits per heavy atom. The maximum absolute atomic E-state index is 13.0. The molecule has 0 saturated heterocycles. The Morgan fingerprint density at radius 2 is 1.69 bits per heavy atom. The molecule has 4 heteroatoms. The molecule has 3 saturated carbocycles. The zero-order valence-corrected chi connectivity index (χ0v) is 17.5. The molecule has 6 atom stereocenters. The van der Waals surface area contributed by atoms with Crippen LogP contribution in [-0.4, -0.2) is 14.5 Å². The van der Waals surface area contributed by atoms with Gasteiger partial charge in [0.2, 0.25) is 0 Å². The summed E-state index contributed by atoms with van der Waals surface area (Å²) in [5, 5.41) is 0. The van der Waals surface area contributed by atoms with Gasteiger partial charge < -0.3 is 0 Å². The number of hydrogen-bond donors (Lipinski definition) is 0. The van der Waals surface area contributed by atoms with Crippen LogP contribution in [0.1, 0.15) is 58.9 Å². The predicted octanol–water partition coefficient (Wildman–Crippen LogP) is 5.19. The molecule has 0 aliphatic heterocycles. The largest absolute Gasteiger partial charge is 0.297 e. The highest BCUT2D eigenvalue weighted by Gasteiger charge is 2.68. The van der Waals surface area contributed by atoms with Crippen LogP contribution in [0.5, 0.6) is 0 Å². The van der Waals surface area contributed by atoms with E-state index in [2.05, 4.69) is 27.7 Å². The zero-order valence-electron chi connectivity index (χ0n) is 16.7. The van der Waals surface area contributed by atoms with Gasteiger partial charge in [-0.15, -0.1) is 0 Å². The first-order chi connectivity index (χ1) is 12.1. The molecular formula is C22H32O3S. The highest BCUT2D eigenvalue weighted by atomic mass is 32.2. The topological polar surface area (TPSA) is 43.4 Å². The van der Waals surface area contributed by atoms with Gasteiger partial charge in [-0.2, -0.15) is 8.42 Å². The summed E-state index contributed by atoms with van der Waals surface area (Å²) < 4.78 is 32.1. The average molecular weight is 377 g/mol. The predicted molar refractivity (Wildman–Crippen MR) is 103 cm³/mol. The van der Waals surface area contributed by atoms with E-state index < -0.39 is 10.1 Å². The van der Waals surface area contributed by atoms with Crippen molar-refractivity contribution in [3.8, 4) is 0 Å². The summed E-state index contributed by atoms with van der Waals surface area (Å²) in [6.45, 7) is 11.4. The first kappa shape index (κ1) is 18.5. The molecule has 144 valence electrons. The van der Waals surface area contributed by atoms with Gasteiger partial charge in [-0.25, -0.2) is 0 Å². The number of rotatable bonds is 3. The smallest absolute Gasteiger partial charge is 0.262 e. The van der Waals surface area contributed by atoms with Gasteiger partial charge in [0.25, 0.3) is 10.1 Å². The standard InChI is InChI=1S/C22H32O3S/c1-14-6-9-16(10-7-14)26(23,24)25-20-17-11-8-15(2)18(17)19-21(3,4)12-13-22(19,20)5/h6-7,9-10,15,17-20H,8,11-13H2,1-5H3. The van der Waals surface area contributed by atoms with Crippen molar-refractivity contribution in [3.05, 3.63) is 29.8 Å². The monoisotopic (exact) mass is 376 g/mol. The van der Waals surface area contributed by atoms with E-state index in [1.54, 1.807) is 12.1 Å². The number of hydrogen-bond acceptors (Lipinski definition) is 3. The van der Waals surface area contributed by atoms with Crippen LogP contribution in [0.15, 0.2) is 29.2 Å². The van der Waals surface area contributed by atoms with Gasteiger partial charge in [0.05, 0.1) is 11.0 Å². The van der Waals surface area contributed by atoms with Crippen molar-refractivity contribution in [1.82, 2.24) is 0 Å². The molecule has 1 aromatic carbocycles. The Kier molecular flexibility index (Phi) is 4.13. The molecule has 0 heterocycles. The lowest BCUT2D eigenvalue weighted by Crippen LogP contribution is -2.38. The van der Waals surface area contributed by atoms with Crippen LogP contribution in [0.3, 0.4) is 0 Å². The van der Waals surface area contributed by atoms with Gasteiger partial charge in [-0.3, -0.25) is 4.18 Å². The molecule has 26 heavy (non-hydrogen) atoms. The lowest BCUT2D eigenvalue weighted by Gasteiger charge is -2.38. The van der Waals surface area contributed by atoms with Crippen molar-refractivity contribution in [1.29, 1.82) is 0 Å². The van der Waals surface area contributed by atoms with Crippen LogP contribution in [-0.2, 0) is 14.3 Å². The first-order valence-corrected chi connectivity index (χ1v) is 11.5. The summed E-state index contributed by atoms with van der Waals surface area (Å²) in [5.74, 6) is 2.18. The third-order valence-corrected chi connectivity index (χ3v) is 9.24. The second-order valence-corrected chi connectivity index (χ2v) is 11.6. The Morgan fingerprint density at radius 3 is 2.35 bits per heavy atom. The summed E-state index contributed by atoms with van der Waals surface area (Å²) in [4.78, 5) is 0.287. The minimum absolute atomic E-state index is 0.0364. The van der Waals surface area contributed by atoms with Crippen molar-refractivity contribution in [2.75, 3.05) is 0 Å². The fraction of sp³-hybridized carbons (Fsp3) is 0.727. The molecule has 3 nitrogen and oxygen atoms in total. The highest BCUT2D eigenvalue weighted by molar-refractivity contribution is 7.86. The van der Waals surface area contributed by atoms with Crippen LogP contribution in [0.2, 0.25) is 0 Å². The summed E-state index contributed by atoms with van der Waals surface area (Å²) in [5.41, 5.74) is 1.28.